The van der Waals surface area contributed by atoms with Gasteiger partial charge in [-0.25, -0.2) is 0 Å². The van der Waals surface area contributed by atoms with Gasteiger partial charge in [-0.15, -0.1) is 0 Å². The summed E-state index contributed by atoms with van der Waals surface area (Å²) >= 11 is 3.60. The Morgan fingerprint density at radius 1 is 1.19 bits per heavy atom. The van der Waals surface area contributed by atoms with Crippen molar-refractivity contribution in [3.05, 3.63) is 40.1 Å². The Balaban J connectivity index is 1.65. The quantitative estimate of drug-likeness (QED) is 0.914. The lowest BCUT2D eigenvalue weighted by Gasteiger charge is -2.18. The van der Waals surface area contributed by atoms with Crippen LogP contribution in [0.25, 0.3) is 0 Å². The molecule has 112 valence electrons. The van der Waals surface area contributed by atoms with E-state index in [0.29, 0.717) is 0 Å². The summed E-state index contributed by atoms with van der Waals surface area (Å²) < 4.78 is 3.01. The van der Waals surface area contributed by atoms with Crippen molar-refractivity contribution in [1.82, 2.24) is 9.78 Å². The lowest BCUT2D eigenvalue weighted by atomic mass is 10.2. The Labute approximate surface area is 134 Å². The van der Waals surface area contributed by atoms with E-state index in [1.807, 2.05) is 18.7 Å². The average molecular weight is 349 g/mol. The molecule has 1 aromatic heterocycles. The van der Waals surface area contributed by atoms with Crippen molar-refractivity contribution in [3.63, 3.8) is 0 Å². The maximum atomic E-state index is 4.41. The SMILES string of the molecule is Cc1nn(C)c(CNc2ccc(N3CCCC3)cc2)c1Br. The van der Waals surface area contributed by atoms with Crippen LogP contribution in [-0.4, -0.2) is 22.9 Å². The number of aromatic nitrogens is 2. The number of hydrogen-bond acceptors (Lipinski definition) is 3. The maximum Gasteiger partial charge on any atom is 0.0739 e. The number of aryl methyl sites for hydroxylation is 2. The predicted molar refractivity (Wildman–Crippen MR) is 90.9 cm³/mol. The van der Waals surface area contributed by atoms with Gasteiger partial charge in [-0.3, -0.25) is 4.68 Å². The van der Waals surface area contributed by atoms with Gasteiger partial charge in [-0.2, -0.15) is 5.10 Å². The van der Waals surface area contributed by atoms with E-state index < -0.39 is 0 Å². The molecule has 5 heteroatoms. The van der Waals surface area contributed by atoms with E-state index in [4.69, 9.17) is 0 Å². The zero-order valence-corrected chi connectivity index (χ0v) is 14.2. The fraction of sp³-hybridized carbons (Fsp3) is 0.438. The highest BCUT2D eigenvalue weighted by Crippen LogP contribution is 2.24. The van der Waals surface area contributed by atoms with Gasteiger partial charge in [0, 0.05) is 31.5 Å². The molecule has 0 atom stereocenters. The second-order valence-corrected chi connectivity index (χ2v) is 6.36. The zero-order valence-electron chi connectivity index (χ0n) is 12.6. The highest BCUT2D eigenvalue weighted by atomic mass is 79.9. The van der Waals surface area contributed by atoms with Gasteiger partial charge < -0.3 is 10.2 Å². The molecule has 1 N–H and O–H groups in total. The van der Waals surface area contributed by atoms with Crippen LogP contribution in [0.15, 0.2) is 28.7 Å². The second kappa shape index (κ2) is 6.10. The molecule has 3 rings (SSSR count). The Hall–Kier alpha value is -1.49. The molecule has 0 saturated carbocycles. The van der Waals surface area contributed by atoms with Gasteiger partial charge >= 0.3 is 0 Å². The van der Waals surface area contributed by atoms with E-state index in [2.05, 4.69) is 55.5 Å². The van der Waals surface area contributed by atoms with Crippen LogP contribution >= 0.6 is 15.9 Å². The number of rotatable bonds is 4. The monoisotopic (exact) mass is 348 g/mol. The molecule has 0 radical (unpaired) electrons. The minimum absolute atomic E-state index is 0.765. The number of nitrogens with one attached hydrogen (secondary N) is 1. The summed E-state index contributed by atoms with van der Waals surface area (Å²) in [5, 5.41) is 7.88. The van der Waals surface area contributed by atoms with Crippen molar-refractivity contribution >= 4 is 27.3 Å². The van der Waals surface area contributed by atoms with E-state index in [1.165, 1.54) is 31.6 Å². The van der Waals surface area contributed by atoms with Crippen LogP contribution in [0.5, 0.6) is 0 Å². The van der Waals surface area contributed by atoms with Gasteiger partial charge in [0.05, 0.1) is 22.4 Å². The molecule has 1 saturated heterocycles. The molecular formula is C16H21BrN4. The fourth-order valence-electron chi connectivity index (χ4n) is 2.82. The van der Waals surface area contributed by atoms with Crippen LogP contribution < -0.4 is 10.2 Å². The third-order valence-electron chi connectivity index (χ3n) is 4.06. The molecule has 21 heavy (non-hydrogen) atoms. The third-order valence-corrected chi connectivity index (χ3v) is 5.09. The van der Waals surface area contributed by atoms with Gasteiger partial charge in [-0.1, -0.05) is 0 Å². The van der Waals surface area contributed by atoms with Crippen LogP contribution in [0.2, 0.25) is 0 Å². The molecular weight excluding hydrogens is 328 g/mol. The minimum atomic E-state index is 0.765. The molecule has 0 unspecified atom stereocenters. The molecule has 1 aliphatic heterocycles. The van der Waals surface area contributed by atoms with E-state index in [1.54, 1.807) is 0 Å². The van der Waals surface area contributed by atoms with E-state index in [-0.39, 0.29) is 0 Å². The summed E-state index contributed by atoms with van der Waals surface area (Å²) in [7, 11) is 1.98. The van der Waals surface area contributed by atoms with Crippen molar-refractivity contribution in [3.8, 4) is 0 Å². The molecule has 1 aliphatic rings. The van der Waals surface area contributed by atoms with Crippen molar-refractivity contribution < 1.29 is 0 Å². The van der Waals surface area contributed by atoms with Crippen molar-refractivity contribution in [2.24, 2.45) is 7.05 Å². The number of nitrogens with zero attached hydrogens (tertiary/aromatic N) is 3. The minimum Gasteiger partial charge on any atom is -0.379 e. The van der Waals surface area contributed by atoms with Gasteiger partial charge in [0.25, 0.3) is 0 Å². The molecule has 1 fully saturated rings. The highest BCUT2D eigenvalue weighted by molar-refractivity contribution is 9.10. The van der Waals surface area contributed by atoms with E-state index >= 15 is 0 Å². The zero-order chi connectivity index (χ0) is 14.8. The van der Waals surface area contributed by atoms with Crippen molar-refractivity contribution in [2.75, 3.05) is 23.3 Å². The lowest BCUT2D eigenvalue weighted by Crippen LogP contribution is -2.17. The molecule has 0 aliphatic carbocycles. The van der Waals surface area contributed by atoms with Crippen LogP contribution in [0.4, 0.5) is 11.4 Å². The van der Waals surface area contributed by atoms with Gasteiger partial charge in [0.1, 0.15) is 0 Å². The summed E-state index contributed by atoms with van der Waals surface area (Å²) in [4.78, 5) is 2.45. The van der Waals surface area contributed by atoms with E-state index in [9.17, 15) is 0 Å². The molecule has 0 amide bonds. The Morgan fingerprint density at radius 3 is 2.43 bits per heavy atom. The lowest BCUT2D eigenvalue weighted by molar-refractivity contribution is 0.712. The first-order chi connectivity index (χ1) is 10.1. The predicted octanol–water partition coefficient (Wildman–Crippen LogP) is 3.70. The van der Waals surface area contributed by atoms with Crippen LogP contribution in [0, 0.1) is 6.92 Å². The second-order valence-electron chi connectivity index (χ2n) is 5.56. The smallest absolute Gasteiger partial charge is 0.0739 e. The highest BCUT2D eigenvalue weighted by Gasteiger charge is 2.12. The first-order valence-corrected chi connectivity index (χ1v) is 8.21. The third kappa shape index (κ3) is 3.07. The molecule has 0 bridgehead atoms. The van der Waals surface area contributed by atoms with E-state index in [0.717, 1.165) is 28.1 Å². The topological polar surface area (TPSA) is 33.1 Å². The van der Waals surface area contributed by atoms with Gasteiger partial charge in [0.15, 0.2) is 0 Å². The van der Waals surface area contributed by atoms with Gasteiger partial charge in [-0.05, 0) is 60.0 Å². The standard InChI is InChI=1S/C16H21BrN4/c1-12-16(17)15(20(2)19-12)11-18-13-5-7-14(8-6-13)21-9-3-4-10-21/h5-8,18H,3-4,9-11H2,1-2H3. The molecule has 2 aromatic rings. The van der Waals surface area contributed by atoms with Gasteiger partial charge in [0.2, 0.25) is 0 Å². The summed E-state index contributed by atoms with van der Waals surface area (Å²) in [5.74, 6) is 0. The largest absolute Gasteiger partial charge is 0.379 e. The fourth-order valence-corrected chi connectivity index (χ4v) is 3.30. The molecule has 0 spiro atoms. The van der Waals surface area contributed by atoms with Crippen LogP contribution in [0.3, 0.4) is 0 Å². The number of anilines is 2. The van der Waals surface area contributed by atoms with Crippen molar-refractivity contribution in [1.29, 1.82) is 0 Å². The molecule has 2 heterocycles. The van der Waals surface area contributed by atoms with Crippen LogP contribution in [0.1, 0.15) is 24.2 Å². The average Bonchev–Trinajstić information content (AvgIpc) is 3.09. The summed E-state index contributed by atoms with van der Waals surface area (Å²) in [5.41, 5.74) is 4.66. The van der Waals surface area contributed by atoms with Crippen molar-refractivity contribution in [2.45, 2.75) is 26.3 Å². The summed E-state index contributed by atoms with van der Waals surface area (Å²) in [6, 6.07) is 8.73. The normalized spacial score (nSPS) is 14.7. The number of halogens is 1. The first kappa shape index (κ1) is 14.4. The number of hydrogen-bond donors (Lipinski definition) is 1. The number of benzene rings is 1. The summed E-state index contributed by atoms with van der Waals surface area (Å²) in [6.45, 7) is 5.15. The molecule has 1 aromatic carbocycles. The Bertz CT molecular complexity index is 612. The summed E-state index contributed by atoms with van der Waals surface area (Å²) in [6.07, 6.45) is 2.63. The molecule has 4 nitrogen and oxygen atoms in total. The Morgan fingerprint density at radius 2 is 1.86 bits per heavy atom. The first-order valence-electron chi connectivity index (χ1n) is 7.42. The Kier molecular flexibility index (Phi) is 4.19. The maximum absolute atomic E-state index is 4.41. The van der Waals surface area contributed by atoms with Crippen LogP contribution in [-0.2, 0) is 13.6 Å².